The summed E-state index contributed by atoms with van der Waals surface area (Å²) in [5.74, 6) is 7.30. The second-order valence-corrected chi connectivity index (χ2v) is 6.21. The highest BCUT2D eigenvalue weighted by Crippen LogP contribution is 2.44. The molecule has 2 saturated carbocycles. The summed E-state index contributed by atoms with van der Waals surface area (Å²) in [6.45, 7) is 2.30. The van der Waals surface area contributed by atoms with Gasteiger partial charge >= 0.3 is 0 Å². The van der Waals surface area contributed by atoms with Gasteiger partial charge in [0.25, 0.3) is 5.91 Å². The summed E-state index contributed by atoms with van der Waals surface area (Å²) in [4.78, 5) is 12.6. The van der Waals surface area contributed by atoms with Gasteiger partial charge in [0.1, 0.15) is 0 Å². The molecule has 2 aliphatic carbocycles. The van der Waals surface area contributed by atoms with Gasteiger partial charge in [-0.2, -0.15) is 0 Å². The molecule has 1 amide bonds. The Morgan fingerprint density at radius 1 is 1.33 bits per heavy atom. The number of benzene rings is 1. The van der Waals surface area contributed by atoms with Crippen LogP contribution in [0, 0.1) is 30.6 Å². The van der Waals surface area contributed by atoms with E-state index in [4.69, 9.17) is 5.73 Å². The van der Waals surface area contributed by atoms with E-state index in [2.05, 4.69) is 17.2 Å². The van der Waals surface area contributed by atoms with E-state index >= 15 is 0 Å². The van der Waals surface area contributed by atoms with Crippen molar-refractivity contribution in [2.45, 2.75) is 38.6 Å². The quantitative estimate of drug-likeness (QED) is 0.832. The number of rotatable bonds is 4. The summed E-state index contributed by atoms with van der Waals surface area (Å²) < 4.78 is 0. The smallest absolute Gasteiger partial charge is 0.251 e. The lowest BCUT2D eigenvalue weighted by atomic mass is 10.0. The van der Waals surface area contributed by atoms with Gasteiger partial charge in [0.2, 0.25) is 0 Å². The minimum Gasteiger partial charge on any atom is -0.349 e. The maximum Gasteiger partial charge on any atom is 0.251 e. The Morgan fingerprint density at radius 3 is 2.57 bits per heavy atom. The summed E-state index contributed by atoms with van der Waals surface area (Å²) in [7, 11) is 0. The van der Waals surface area contributed by atoms with Gasteiger partial charge in [-0.1, -0.05) is 17.9 Å². The minimum absolute atomic E-state index is 0.0488. The maximum atomic E-state index is 12.6. The monoisotopic (exact) mass is 282 g/mol. The fraction of sp³-hybridized carbons (Fsp3) is 0.500. The summed E-state index contributed by atoms with van der Waals surface area (Å²) in [6.07, 6.45) is 5.07. The average Bonchev–Trinajstić information content (AvgIpc) is 3.37. The van der Waals surface area contributed by atoms with Crippen LogP contribution in [0.1, 0.15) is 47.2 Å². The molecule has 0 radical (unpaired) electrons. The molecule has 0 aliphatic heterocycles. The number of nitrogens with two attached hydrogens (primary N) is 1. The van der Waals surface area contributed by atoms with Gasteiger partial charge in [0, 0.05) is 17.2 Å². The highest BCUT2D eigenvalue weighted by atomic mass is 16.1. The predicted octanol–water partition coefficient (Wildman–Crippen LogP) is 2.22. The van der Waals surface area contributed by atoms with Crippen LogP contribution in [-0.2, 0) is 0 Å². The van der Waals surface area contributed by atoms with E-state index in [-0.39, 0.29) is 5.91 Å². The van der Waals surface area contributed by atoms with E-state index < -0.39 is 0 Å². The van der Waals surface area contributed by atoms with Crippen LogP contribution < -0.4 is 11.1 Å². The van der Waals surface area contributed by atoms with Gasteiger partial charge in [0.15, 0.2) is 0 Å². The number of aryl methyl sites for hydroxylation is 1. The van der Waals surface area contributed by atoms with Crippen molar-refractivity contribution in [3.63, 3.8) is 0 Å². The second-order valence-electron chi connectivity index (χ2n) is 6.21. The number of hydrogen-bond acceptors (Lipinski definition) is 2. The Balaban J connectivity index is 1.76. The van der Waals surface area contributed by atoms with Crippen molar-refractivity contribution >= 4 is 5.91 Å². The standard InChI is InChI=1S/C18H22N2O/c1-12-4-5-13(3-2-10-19)11-16(12)18(21)20-17(14-6-7-14)15-8-9-15/h4-5,11,14-15,17H,6-10,19H2,1H3,(H,20,21). The number of hydrogen-bond donors (Lipinski definition) is 2. The lowest BCUT2D eigenvalue weighted by Crippen LogP contribution is -2.38. The molecule has 1 aromatic rings. The van der Waals surface area contributed by atoms with Crippen LogP contribution in [0.4, 0.5) is 0 Å². The number of amides is 1. The van der Waals surface area contributed by atoms with Crippen LogP contribution in [0.25, 0.3) is 0 Å². The highest BCUT2D eigenvalue weighted by molar-refractivity contribution is 5.96. The molecule has 3 rings (SSSR count). The van der Waals surface area contributed by atoms with Gasteiger partial charge in [0.05, 0.1) is 6.54 Å². The predicted molar refractivity (Wildman–Crippen MR) is 83.8 cm³/mol. The summed E-state index contributed by atoms with van der Waals surface area (Å²) in [5, 5.41) is 3.27. The van der Waals surface area contributed by atoms with E-state index in [1.165, 1.54) is 25.7 Å². The molecule has 0 heterocycles. The van der Waals surface area contributed by atoms with Gasteiger partial charge in [-0.3, -0.25) is 4.79 Å². The number of nitrogens with one attached hydrogen (secondary N) is 1. The number of carbonyl (C=O) groups excluding carboxylic acids is 1. The van der Waals surface area contributed by atoms with E-state index in [1.54, 1.807) is 0 Å². The molecule has 1 aromatic carbocycles. The van der Waals surface area contributed by atoms with E-state index in [9.17, 15) is 4.79 Å². The third-order valence-electron chi connectivity index (χ3n) is 4.37. The molecule has 0 atom stereocenters. The maximum absolute atomic E-state index is 12.6. The molecule has 2 fully saturated rings. The first-order valence-corrected chi connectivity index (χ1v) is 7.79. The molecule has 110 valence electrons. The third-order valence-corrected chi connectivity index (χ3v) is 4.37. The third kappa shape index (κ3) is 3.46. The van der Waals surface area contributed by atoms with Crippen molar-refractivity contribution in [3.05, 3.63) is 34.9 Å². The van der Waals surface area contributed by atoms with E-state index in [0.29, 0.717) is 24.4 Å². The zero-order valence-electron chi connectivity index (χ0n) is 12.5. The normalized spacial score (nSPS) is 17.3. The molecule has 3 nitrogen and oxygen atoms in total. The second kappa shape index (κ2) is 5.91. The zero-order valence-corrected chi connectivity index (χ0v) is 12.5. The average molecular weight is 282 g/mol. The Morgan fingerprint density at radius 2 is 2.00 bits per heavy atom. The zero-order chi connectivity index (χ0) is 14.8. The largest absolute Gasteiger partial charge is 0.349 e. The molecule has 3 N–H and O–H groups in total. The molecule has 3 heteroatoms. The minimum atomic E-state index is 0.0488. The van der Waals surface area contributed by atoms with Crippen LogP contribution in [-0.4, -0.2) is 18.5 Å². The molecule has 0 aromatic heterocycles. The van der Waals surface area contributed by atoms with Crippen LogP contribution >= 0.6 is 0 Å². The Labute approximate surface area is 126 Å². The van der Waals surface area contributed by atoms with E-state index in [0.717, 1.165) is 16.7 Å². The molecule has 0 saturated heterocycles. The summed E-state index contributed by atoms with van der Waals surface area (Å²) in [6, 6.07) is 6.16. The molecule has 2 aliphatic rings. The molecule has 0 unspecified atom stereocenters. The summed E-state index contributed by atoms with van der Waals surface area (Å²) in [5.41, 5.74) is 7.99. The van der Waals surface area contributed by atoms with Crippen molar-refractivity contribution in [3.8, 4) is 11.8 Å². The van der Waals surface area contributed by atoms with E-state index in [1.807, 2.05) is 25.1 Å². The van der Waals surface area contributed by atoms with Gasteiger partial charge in [-0.05, 0) is 62.1 Å². The van der Waals surface area contributed by atoms with Crippen LogP contribution in [0.3, 0.4) is 0 Å². The fourth-order valence-electron chi connectivity index (χ4n) is 2.86. The first-order chi connectivity index (χ1) is 10.2. The SMILES string of the molecule is Cc1ccc(C#CCN)cc1C(=O)NC(C1CC1)C1CC1. The van der Waals surface area contributed by atoms with Crippen molar-refractivity contribution < 1.29 is 4.79 Å². The fourth-order valence-corrected chi connectivity index (χ4v) is 2.86. The van der Waals surface area contributed by atoms with Crippen molar-refractivity contribution in [1.29, 1.82) is 0 Å². The Hall–Kier alpha value is -1.79. The topological polar surface area (TPSA) is 55.1 Å². The summed E-state index contributed by atoms with van der Waals surface area (Å²) >= 11 is 0. The lowest BCUT2D eigenvalue weighted by Gasteiger charge is -2.18. The van der Waals surface area contributed by atoms with Crippen molar-refractivity contribution in [2.24, 2.45) is 17.6 Å². The van der Waals surface area contributed by atoms with Crippen LogP contribution in [0.2, 0.25) is 0 Å². The first-order valence-electron chi connectivity index (χ1n) is 7.79. The molecular weight excluding hydrogens is 260 g/mol. The molecule has 21 heavy (non-hydrogen) atoms. The molecular formula is C18H22N2O. The number of carbonyl (C=O) groups is 1. The van der Waals surface area contributed by atoms with Crippen molar-refractivity contribution in [2.75, 3.05) is 6.54 Å². The molecule has 0 spiro atoms. The van der Waals surface area contributed by atoms with Crippen LogP contribution in [0.5, 0.6) is 0 Å². The Kier molecular flexibility index (Phi) is 3.98. The highest BCUT2D eigenvalue weighted by Gasteiger charge is 2.42. The lowest BCUT2D eigenvalue weighted by molar-refractivity contribution is 0.0925. The van der Waals surface area contributed by atoms with Crippen LogP contribution in [0.15, 0.2) is 18.2 Å². The Bertz CT molecular complexity index is 591. The van der Waals surface area contributed by atoms with Gasteiger partial charge < -0.3 is 11.1 Å². The van der Waals surface area contributed by atoms with Crippen molar-refractivity contribution in [1.82, 2.24) is 5.32 Å². The van der Waals surface area contributed by atoms with Gasteiger partial charge in [-0.15, -0.1) is 0 Å². The molecule has 0 bridgehead atoms. The van der Waals surface area contributed by atoms with Gasteiger partial charge in [-0.25, -0.2) is 0 Å². The first kappa shape index (κ1) is 14.2.